The first-order chi connectivity index (χ1) is 15.1. The fourth-order valence-corrected chi connectivity index (χ4v) is 3.01. The van der Waals surface area contributed by atoms with Crippen molar-refractivity contribution in [3.63, 3.8) is 0 Å². The number of aromatic nitrogens is 2. The van der Waals surface area contributed by atoms with E-state index in [4.69, 9.17) is 4.74 Å². The van der Waals surface area contributed by atoms with Crippen LogP contribution in [0.1, 0.15) is 5.56 Å². The molecule has 3 aromatic carbocycles. The zero-order valence-corrected chi connectivity index (χ0v) is 17.0. The highest BCUT2D eigenvalue weighted by molar-refractivity contribution is 5.90. The van der Waals surface area contributed by atoms with Crippen molar-refractivity contribution in [2.75, 3.05) is 5.32 Å². The molecule has 0 aliphatic carbocycles. The molecule has 0 spiro atoms. The maximum Gasteiger partial charge on any atom is 0.254 e. The number of carbonyl (C=O) groups is 1. The molecule has 1 N–H and O–H groups in total. The maximum atomic E-state index is 12.4. The third kappa shape index (κ3) is 5.25. The second-order valence-electron chi connectivity index (χ2n) is 7.09. The molecule has 4 rings (SSSR count). The number of hydrogen-bond acceptors (Lipinski definition) is 4. The van der Waals surface area contributed by atoms with Crippen molar-refractivity contribution in [3.8, 4) is 22.8 Å². The number of benzene rings is 3. The summed E-state index contributed by atoms with van der Waals surface area (Å²) < 4.78 is 7.02. The molecule has 6 heteroatoms. The van der Waals surface area contributed by atoms with E-state index in [2.05, 4.69) is 10.3 Å². The lowest BCUT2D eigenvalue weighted by Gasteiger charge is -2.09. The van der Waals surface area contributed by atoms with Gasteiger partial charge in [-0.15, -0.1) is 0 Å². The van der Waals surface area contributed by atoms with Crippen LogP contribution in [0, 0.1) is 6.92 Å². The van der Waals surface area contributed by atoms with Crippen LogP contribution in [-0.2, 0) is 11.3 Å². The monoisotopic (exact) mass is 411 g/mol. The van der Waals surface area contributed by atoms with E-state index in [0.29, 0.717) is 17.1 Å². The molecule has 0 unspecified atom stereocenters. The van der Waals surface area contributed by atoms with Crippen LogP contribution >= 0.6 is 0 Å². The van der Waals surface area contributed by atoms with Gasteiger partial charge in [0, 0.05) is 17.3 Å². The first-order valence-corrected chi connectivity index (χ1v) is 9.83. The summed E-state index contributed by atoms with van der Waals surface area (Å²) in [6.07, 6.45) is 1.40. The Kier molecular flexibility index (Phi) is 5.89. The summed E-state index contributed by atoms with van der Waals surface area (Å²) in [6.45, 7) is 1.87. The molecule has 0 aliphatic rings. The molecule has 0 radical (unpaired) electrons. The summed E-state index contributed by atoms with van der Waals surface area (Å²) in [5.41, 5.74) is 2.90. The van der Waals surface area contributed by atoms with E-state index in [1.54, 1.807) is 24.3 Å². The van der Waals surface area contributed by atoms with Gasteiger partial charge in [-0.3, -0.25) is 14.2 Å². The van der Waals surface area contributed by atoms with Crippen LogP contribution in [0.2, 0.25) is 0 Å². The highest BCUT2D eigenvalue weighted by Crippen LogP contribution is 2.22. The van der Waals surface area contributed by atoms with Crippen LogP contribution in [-0.4, -0.2) is 15.5 Å². The van der Waals surface area contributed by atoms with E-state index < -0.39 is 0 Å². The number of carbonyl (C=O) groups excluding carboxylic acids is 1. The van der Waals surface area contributed by atoms with Crippen LogP contribution in [0.3, 0.4) is 0 Å². The smallest absolute Gasteiger partial charge is 0.254 e. The number of hydrogen-bond donors (Lipinski definition) is 1. The molecular weight excluding hydrogens is 390 g/mol. The van der Waals surface area contributed by atoms with Gasteiger partial charge >= 0.3 is 0 Å². The minimum absolute atomic E-state index is 0.123. The molecule has 0 aliphatic heterocycles. The minimum atomic E-state index is -0.316. The van der Waals surface area contributed by atoms with Gasteiger partial charge in [0.05, 0.1) is 12.0 Å². The maximum absolute atomic E-state index is 12.4. The molecule has 31 heavy (non-hydrogen) atoms. The SMILES string of the molecule is Cc1ccc(-c2cc(=O)n(CC(=O)Nc3ccc(Oc4ccccc4)cc3)cn2)cc1. The molecule has 0 bridgehead atoms. The number of aryl methyl sites for hydroxylation is 1. The molecule has 4 aromatic rings. The average molecular weight is 411 g/mol. The molecule has 6 nitrogen and oxygen atoms in total. The van der Waals surface area contributed by atoms with Crippen molar-refractivity contribution in [3.05, 3.63) is 107 Å². The number of rotatable bonds is 6. The highest BCUT2D eigenvalue weighted by Gasteiger charge is 2.08. The Morgan fingerprint density at radius 3 is 2.29 bits per heavy atom. The Morgan fingerprint density at radius 1 is 0.935 bits per heavy atom. The Bertz CT molecular complexity index is 1230. The predicted octanol–water partition coefficient (Wildman–Crippen LogP) is 4.65. The van der Waals surface area contributed by atoms with Gasteiger partial charge in [0.25, 0.3) is 5.56 Å². The number of para-hydroxylation sites is 1. The molecule has 0 saturated carbocycles. The zero-order chi connectivity index (χ0) is 21.6. The quantitative estimate of drug-likeness (QED) is 0.501. The number of nitrogens with one attached hydrogen (secondary N) is 1. The Morgan fingerprint density at radius 2 is 1.61 bits per heavy atom. The second-order valence-corrected chi connectivity index (χ2v) is 7.09. The summed E-state index contributed by atoms with van der Waals surface area (Å²) in [4.78, 5) is 29.1. The lowest BCUT2D eigenvalue weighted by Crippen LogP contribution is -2.27. The first-order valence-electron chi connectivity index (χ1n) is 9.83. The van der Waals surface area contributed by atoms with Gasteiger partial charge in [-0.25, -0.2) is 4.98 Å². The number of anilines is 1. The van der Waals surface area contributed by atoms with E-state index >= 15 is 0 Å². The highest BCUT2D eigenvalue weighted by atomic mass is 16.5. The normalized spacial score (nSPS) is 10.5. The summed E-state index contributed by atoms with van der Waals surface area (Å²) in [6, 6.07) is 25.7. The Labute approximate surface area is 179 Å². The average Bonchev–Trinajstić information content (AvgIpc) is 2.78. The Hall–Kier alpha value is -4.19. The van der Waals surface area contributed by atoms with Crippen molar-refractivity contribution in [2.24, 2.45) is 0 Å². The molecule has 1 aromatic heterocycles. The van der Waals surface area contributed by atoms with Crippen molar-refractivity contribution in [1.82, 2.24) is 9.55 Å². The third-order valence-corrected chi connectivity index (χ3v) is 4.66. The molecule has 0 saturated heterocycles. The van der Waals surface area contributed by atoms with Gasteiger partial charge in [0.15, 0.2) is 0 Å². The lowest BCUT2D eigenvalue weighted by atomic mass is 10.1. The molecule has 0 atom stereocenters. The van der Waals surface area contributed by atoms with Crippen molar-refractivity contribution < 1.29 is 9.53 Å². The van der Waals surface area contributed by atoms with Crippen LogP contribution in [0.15, 0.2) is 96.1 Å². The van der Waals surface area contributed by atoms with Gasteiger partial charge in [-0.1, -0.05) is 48.0 Å². The summed E-state index contributed by atoms with van der Waals surface area (Å²) in [7, 11) is 0. The largest absolute Gasteiger partial charge is 0.457 e. The fourth-order valence-electron chi connectivity index (χ4n) is 3.01. The van der Waals surface area contributed by atoms with Crippen molar-refractivity contribution in [2.45, 2.75) is 13.5 Å². The van der Waals surface area contributed by atoms with Crippen molar-refractivity contribution in [1.29, 1.82) is 0 Å². The van der Waals surface area contributed by atoms with Gasteiger partial charge in [0.1, 0.15) is 18.0 Å². The van der Waals surface area contributed by atoms with Crippen LogP contribution in [0.4, 0.5) is 5.69 Å². The van der Waals surface area contributed by atoms with E-state index in [-0.39, 0.29) is 18.0 Å². The molecule has 1 amide bonds. The van der Waals surface area contributed by atoms with Crippen LogP contribution < -0.4 is 15.6 Å². The number of amides is 1. The molecular formula is C25H21N3O3. The van der Waals surface area contributed by atoms with E-state index in [9.17, 15) is 9.59 Å². The van der Waals surface area contributed by atoms with Gasteiger partial charge in [0.2, 0.25) is 5.91 Å². The van der Waals surface area contributed by atoms with Gasteiger partial charge < -0.3 is 10.1 Å². The number of nitrogens with zero attached hydrogens (tertiary/aromatic N) is 2. The summed E-state index contributed by atoms with van der Waals surface area (Å²) >= 11 is 0. The van der Waals surface area contributed by atoms with Gasteiger partial charge in [-0.2, -0.15) is 0 Å². The van der Waals surface area contributed by atoms with Crippen molar-refractivity contribution >= 4 is 11.6 Å². The number of ether oxygens (including phenoxy) is 1. The molecule has 1 heterocycles. The van der Waals surface area contributed by atoms with E-state index in [1.165, 1.54) is 17.0 Å². The topological polar surface area (TPSA) is 73.2 Å². The van der Waals surface area contributed by atoms with Crippen LogP contribution in [0.25, 0.3) is 11.3 Å². The molecule has 0 fully saturated rings. The van der Waals surface area contributed by atoms with Crippen LogP contribution in [0.5, 0.6) is 11.5 Å². The predicted molar refractivity (Wildman–Crippen MR) is 120 cm³/mol. The van der Waals surface area contributed by atoms with E-state index in [1.807, 2.05) is 61.5 Å². The summed E-state index contributed by atoms with van der Waals surface area (Å²) in [5, 5.41) is 2.78. The summed E-state index contributed by atoms with van der Waals surface area (Å²) in [5.74, 6) is 1.08. The Balaban J connectivity index is 1.38. The zero-order valence-electron chi connectivity index (χ0n) is 17.0. The minimum Gasteiger partial charge on any atom is -0.457 e. The molecule has 154 valence electrons. The standard InChI is InChI=1S/C25H21N3O3/c1-18-7-9-19(10-8-18)23-15-25(30)28(17-26-23)16-24(29)27-20-11-13-22(14-12-20)31-21-5-3-2-4-6-21/h2-15,17H,16H2,1H3,(H,27,29). The first kappa shape index (κ1) is 20.1. The lowest BCUT2D eigenvalue weighted by molar-refractivity contribution is -0.116. The van der Waals surface area contributed by atoms with Gasteiger partial charge in [-0.05, 0) is 43.3 Å². The van der Waals surface area contributed by atoms with E-state index in [0.717, 1.165) is 16.9 Å². The third-order valence-electron chi connectivity index (χ3n) is 4.66. The second kappa shape index (κ2) is 9.09. The fraction of sp³-hybridized carbons (Fsp3) is 0.0800.